The molecule has 0 unspecified atom stereocenters. The fourth-order valence-corrected chi connectivity index (χ4v) is 4.71. The van der Waals surface area contributed by atoms with E-state index in [2.05, 4.69) is 17.1 Å². The molecular weight excluding hydrogens is 378 g/mol. The third-order valence-corrected chi connectivity index (χ3v) is 6.17. The van der Waals surface area contributed by atoms with Crippen molar-refractivity contribution in [2.24, 2.45) is 0 Å². The molecule has 1 aliphatic heterocycles. The largest absolute Gasteiger partial charge is 0.452 e. The van der Waals surface area contributed by atoms with Crippen LogP contribution in [0.3, 0.4) is 0 Å². The Morgan fingerprint density at radius 1 is 1.20 bits per heavy atom. The maximum atomic E-state index is 13.1. The Morgan fingerprint density at radius 3 is 2.80 bits per heavy atom. The van der Waals surface area contributed by atoms with Crippen molar-refractivity contribution in [3.8, 4) is 0 Å². The van der Waals surface area contributed by atoms with Crippen LogP contribution in [-0.2, 0) is 22.5 Å². The lowest BCUT2D eigenvalue weighted by molar-refractivity contribution is -0.125. The molecule has 1 saturated carbocycles. The predicted molar refractivity (Wildman–Crippen MR) is 116 cm³/mol. The summed E-state index contributed by atoms with van der Waals surface area (Å²) in [6, 6.07) is 7.90. The zero-order valence-electron chi connectivity index (χ0n) is 17.8. The molecule has 2 aliphatic rings. The number of para-hydroxylation sites is 1. The Hall–Kier alpha value is -2.47. The quantitative estimate of drug-likeness (QED) is 0.738. The summed E-state index contributed by atoms with van der Waals surface area (Å²) in [4.78, 5) is 32.6. The number of hydrogen-bond acceptors (Lipinski definition) is 5. The van der Waals surface area contributed by atoms with Gasteiger partial charge in [-0.05, 0) is 31.9 Å². The number of amides is 1. The van der Waals surface area contributed by atoms with E-state index in [-0.39, 0.29) is 18.6 Å². The lowest BCUT2D eigenvalue weighted by atomic mass is 9.95. The number of fused-ring (bicyclic) bond motifs is 2. The molecule has 1 aliphatic carbocycles. The van der Waals surface area contributed by atoms with E-state index in [0.29, 0.717) is 12.1 Å². The van der Waals surface area contributed by atoms with E-state index in [4.69, 9.17) is 9.72 Å². The first-order chi connectivity index (χ1) is 14.7. The van der Waals surface area contributed by atoms with Gasteiger partial charge in [-0.15, -0.1) is 0 Å². The molecule has 1 amide bonds. The SMILES string of the molecule is CCCN1CCc2nc3ccccc3c(C(=O)OCC(=O)NC3CCCCC3)c2C1. The summed E-state index contributed by atoms with van der Waals surface area (Å²) in [5.74, 6) is -0.642. The highest BCUT2D eigenvalue weighted by atomic mass is 16.5. The van der Waals surface area contributed by atoms with Crippen molar-refractivity contribution >= 4 is 22.8 Å². The lowest BCUT2D eigenvalue weighted by Crippen LogP contribution is -2.39. The molecule has 4 rings (SSSR count). The molecule has 1 N–H and O–H groups in total. The van der Waals surface area contributed by atoms with Gasteiger partial charge in [-0.25, -0.2) is 4.79 Å². The molecular formula is C24H31N3O3. The van der Waals surface area contributed by atoms with Gasteiger partial charge in [-0.2, -0.15) is 0 Å². The zero-order chi connectivity index (χ0) is 20.9. The van der Waals surface area contributed by atoms with Crippen LogP contribution in [0.2, 0.25) is 0 Å². The van der Waals surface area contributed by atoms with Gasteiger partial charge in [0, 0.05) is 42.2 Å². The molecule has 2 aromatic rings. The standard InChI is InChI=1S/C24H31N3O3/c1-2-13-27-14-12-21-19(15-27)23(18-10-6-7-11-20(18)26-21)24(29)30-16-22(28)25-17-8-4-3-5-9-17/h6-7,10-11,17H,2-5,8-9,12-16H2,1H3,(H,25,28). The number of hydrogen-bond donors (Lipinski definition) is 1. The Balaban J connectivity index is 1.53. The van der Waals surface area contributed by atoms with Crippen LogP contribution < -0.4 is 5.32 Å². The van der Waals surface area contributed by atoms with Gasteiger partial charge in [-0.1, -0.05) is 44.4 Å². The smallest absolute Gasteiger partial charge is 0.339 e. The van der Waals surface area contributed by atoms with Gasteiger partial charge >= 0.3 is 5.97 Å². The molecule has 2 heterocycles. The van der Waals surface area contributed by atoms with Gasteiger partial charge in [-0.3, -0.25) is 14.7 Å². The minimum Gasteiger partial charge on any atom is -0.452 e. The second-order valence-corrected chi connectivity index (χ2v) is 8.43. The van der Waals surface area contributed by atoms with Crippen LogP contribution in [0.4, 0.5) is 0 Å². The number of esters is 1. The van der Waals surface area contributed by atoms with Crippen molar-refractivity contribution in [2.45, 2.75) is 64.5 Å². The first kappa shape index (κ1) is 20.8. The maximum Gasteiger partial charge on any atom is 0.339 e. The van der Waals surface area contributed by atoms with E-state index < -0.39 is 5.97 Å². The number of benzene rings is 1. The Labute approximate surface area is 178 Å². The maximum absolute atomic E-state index is 13.1. The molecule has 0 radical (unpaired) electrons. The monoisotopic (exact) mass is 409 g/mol. The Bertz CT molecular complexity index is 921. The molecule has 6 nitrogen and oxygen atoms in total. The van der Waals surface area contributed by atoms with Gasteiger partial charge in [0.15, 0.2) is 6.61 Å². The van der Waals surface area contributed by atoms with E-state index in [0.717, 1.165) is 73.8 Å². The highest BCUT2D eigenvalue weighted by Crippen LogP contribution is 2.29. The fourth-order valence-electron chi connectivity index (χ4n) is 4.71. The molecule has 1 fully saturated rings. The van der Waals surface area contributed by atoms with Gasteiger partial charge in [0.1, 0.15) is 0 Å². The average molecular weight is 410 g/mol. The van der Waals surface area contributed by atoms with Gasteiger partial charge in [0.2, 0.25) is 0 Å². The summed E-state index contributed by atoms with van der Waals surface area (Å²) in [6.07, 6.45) is 7.43. The predicted octanol–water partition coefficient (Wildman–Crippen LogP) is 3.61. The minimum atomic E-state index is -0.429. The fraction of sp³-hybridized carbons (Fsp3) is 0.542. The van der Waals surface area contributed by atoms with Crippen LogP contribution in [0.15, 0.2) is 24.3 Å². The molecule has 0 saturated heterocycles. The van der Waals surface area contributed by atoms with E-state index in [1.807, 2.05) is 24.3 Å². The van der Waals surface area contributed by atoms with Crippen LogP contribution >= 0.6 is 0 Å². The number of rotatable bonds is 6. The summed E-state index contributed by atoms with van der Waals surface area (Å²) in [7, 11) is 0. The highest BCUT2D eigenvalue weighted by molar-refractivity contribution is 6.05. The number of pyridine rings is 1. The molecule has 0 spiro atoms. The molecule has 1 aromatic carbocycles. The van der Waals surface area contributed by atoms with Crippen molar-refractivity contribution in [3.05, 3.63) is 41.1 Å². The van der Waals surface area contributed by atoms with Crippen molar-refractivity contribution in [3.63, 3.8) is 0 Å². The van der Waals surface area contributed by atoms with Crippen LogP contribution in [0.5, 0.6) is 0 Å². The number of carbonyl (C=O) groups excluding carboxylic acids is 2. The highest BCUT2D eigenvalue weighted by Gasteiger charge is 2.27. The zero-order valence-corrected chi connectivity index (χ0v) is 17.8. The molecule has 30 heavy (non-hydrogen) atoms. The topological polar surface area (TPSA) is 71.5 Å². The van der Waals surface area contributed by atoms with Crippen molar-refractivity contribution in [1.82, 2.24) is 15.2 Å². The van der Waals surface area contributed by atoms with E-state index >= 15 is 0 Å². The molecule has 0 bridgehead atoms. The van der Waals surface area contributed by atoms with Crippen molar-refractivity contribution < 1.29 is 14.3 Å². The van der Waals surface area contributed by atoms with Crippen LogP contribution in [-0.4, -0.2) is 47.5 Å². The number of carbonyl (C=O) groups is 2. The van der Waals surface area contributed by atoms with E-state index in [9.17, 15) is 9.59 Å². The number of nitrogens with zero attached hydrogens (tertiary/aromatic N) is 2. The van der Waals surface area contributed by atoms with Crippen LogP contribution in [0.25, 0.3) is 10.9 Å². The average Bonchev–Trinajstić information content (AvgIpc) is 2.77. The minimum absolute atomic E-state index is 0.210. The summed E-state index contributed by atoms with van der Waals surface area (Å²) in [5, 5.41) is 3.81. The number of aromatic nitrogens is 1. The lowest BCUT2D eigenvalue weighted by Gasteiger charge is -2.29. The molecule has 160 valence electrons. The first-order valence-electron chi connectivity index (χ1n) is 11.2. The third kappa shape index (κ3) is 4.64. The van der Waals surface area contributed by atoms with Crippen LogP contribution in [0.1, 0.15) is 67.1 Å². The molecule has 6 heteroatoms. The third-order valence-electron chi connectivity index (χ3n) is 6.17. The molecule has 0 atom stereocenters. The summed E-state index contributed by atoms with van der Waals surface area (Å²) in [6.45, 7) is 4.56. The van der Waals surface area contributed by atoms with Crippen molar-refractivity contribution in [2.75, 3.05) is 19.7 Å². The number of ether oxygens (including phenoxy) is 1. The first-order valence-corrected chi connectivity index (χ1v) is 11.2. The second kappa shape index (κ2) is 9.56. The summed E-state index contributed by atoms with van der Waals surface area (Å²) < 4.78 is 5.50. The van der Waals surface area contributed by atoms with Crippen LogP contribution in [0, 0.1) is 0 Å². The Kier molecular flexibility index (Phi) is 6.62. The molecule has 1 aromatic heterocycles. The second-order valence-electron chi connectivity index (χ2n) is 8.43. The van der Waals surface area contributed by atoms with Gasteiger partial charge < -0.3 is 10.1 Å². The van der Waals surface area contributed by atoms with E-state index in [1.165, 1.54) is 6.42 Å². The Morgan fingerprint density at radius 2 is 2.00 bits per heavy atom. The van der Waals surface area contributed by atoms with Gasteiger partial charge in [0.05, 0.1) is 11.1 Å². The van der Waals surface area contributed by atoms with Crippen molar-refractivity contribution in [1.29, 1.82) is 0 Å². The number of nitrogens with one attached hydrogen (secondary N) is 1. The summed E-state index contributed by atoms with van der Waals surface area (Å²) in [5.41, 5.74) is 3.30. The van der Waals surface area contributed by atoms with E-state index in [1.54, 1.807) is 0 Å². The summed E-state index contributed by atoms with van der Waals surface area (Å²) >= 11 is 0. The van der Waals surface area contributed by atoms with Gasteiger partial charge in [0.25, 0.3) is 5.91 Å². The normalized spacial score (nSPS) is 17.5.